The summed E-state index contributed by atoms with van der Waals surface area (Å²) in [6.45, 7) is 2.43. The van der Waals surface area contributed by atoms with E-state index in [1.54, 1.807) is 0 Å². The Kier molecular flexibility index (Phi) is 1.51. The van der Waals surface area contributed by atoms with Gasteiger partial charge in [0, 0.05) is 5.69 Å². The van der Waals surface area contributed by atoms with Gasteiger partial charge >= 0.3 is 0 Å². The summed E-state index contributed by atoms with van der Waals surface area (Å²) in [5.74, 6) is 1.74. The summed E-state index contributed by atoms with van der Waals surface area (Å²) >= 11 is 0. The molecule has 0 aromatic heterocycles. The van der Waals surface area contributed by atoms with E-state index in [0.717, 1.165) is 17.5 Å². The van der Waals surface area contributed by atoms with Crippen molar-refractivity contribution in [3.8, 4) is 0 Å². The zero-order valence-electron chi connectivity index (χ0n) is 8.66. The molecule has 0 bridgehead atoms. The van der Waals surface area contributed by atoms with Crippen molar-refractivity contribution in [3.63, 3.8) is 0 Å². The van der Waals surface area contributed by atoms with Crippen LogP contribution < -0.4 is 5.73 Å². The van der Waals surface area contributed by atoms with Gasteiger partial charge in [-0.05, 0) is 48.1 Å². The van der Waals surface area contributed by atoms with Crippen molar-refractivity contribution in [2.75, 3.05) is 5.73 Å². The summed E-state index contributed by atoms with van der Waals surface area (Å²) in [5.41, 5.74) is 8.97. The van der Waals surface area contributed by atoms with Crippen LogP contribution in [0, 0.1) is 11.3 Å². The van der Waals surface area contributed by atoms with E-state index in [0.29, 0.717) is 5.41 Å². The van der Waals surface area contributed by atoms with Crippen molar-refractivity contribution in [1.29, 1.82) is 0 Å². The standard InChI is InChI=1S/C13H17N/c1-13(9-6-7-9)8-11(13)10-4-2-3-5-12(10)14/h2-5,9,11H,6-8,14H2,1H3. The molecule has 1 aromatic rings. The first kappa shape index (κ1) is 8.34. The fourth-order valence-corrected chi connectivity index (χ4v) is 2.87. The molecule has 2 aliphatic rings. The smallest absolute Gasteiger partial charge is 0.0349 e. The highest BCUT2D eigenvalue weighted by Crippen LogP contribution is 2.69. The SMILES string of the molecule is CC1(C2CC2)CC1c1ccccc1N. The molecule has 0 saturated heterocycles. The maximum Gasteiger partial charge on any atom is 0.0349 e. The van der Waals surface area contributed by atoms with Crippen molar-refractivity contribution in [1.82, 2.24) is 0 Å². The minimum absolute atomic E-state index is 0.593. The molecule has 2 fully saturated rings. The van der Waals surface area contributed by atoms with E-state index in [4.69, 9.17) is 5.73 Å². The summed E-state index contributed by atoms with van der Waals surface area (Å²) in [5, 5.41) is 0. The number of benzene rings is 1. The molecular formula is C13H17N. The van der Waals surface area contributed by atoms with Crippen molar-refractivity contribution in [3.05, 3.63) is 29.8 Å². The molecule has 3 rings (SSSR count). The molecule has 2 aliphatic carbocycles. The summed E-state index contributed by atoms with van der Waals surface area (Å²) in [6, 6.07) is 8.36. The number of anilines is 1. The third kappa shape index (κ3) is 1.08. The largest absolute Gasteiger partial charge is 0.398 e. The van der Waals surface area contributed by atoms with Crippen LogP contribution in [0.15, 0.2) is 24.3 Å². The zero-order valence-corrected chi connectivity index (χ0v) is 8.66. The third-order valence-electron chi connectivity index (χ3n) is 4.16. The number of nitrogens with two attached hydrogens (primary N) is 1. The molecular weight excluding hydrogens is 170 g/mol. The van der Waals surface area contributed by atoms with Crippen LogP contribution in [0.5, 0.6) is 0 Å². The Hall–Kier alpha value is -0.980. The summed E-state index contributed by atoms with van der Waals surface area (Å²) in [7, 11) is 0. The Bertz CT molecular complexity index is 367. The molecule has 74 valence electrons. The van der Waals surface area contributed by atoms with Gasteiger partial charge in [0.25, 0.3) is 0 Å². The van der Waals surface area contributed by atoms with E-state index in [1.165, 1.54) is 24.8 Å². The van der Waals surface area contributed by atoms with Gasteiger partial charge in [0.15, 0.2) is 0 Å². The minimum Gasteiger partial charge on any atom is -0.398 e. The Labute approximate surface area is 85.3 Å². The van der Waals surface area contributed by atoms with Gasteiger partial charge in [-0.25, -0.2) is 0 Å². The summed E-state index contributed by atoms with van der Waals surface area (Å²) in [4.78, 5) is 0. The molecule has 1 heteroatoms. The van der Waals surface area contributed by atoms with Crippen molar-refractivity contribution >= 4 is 5.69 Å². The second-order valence-electron chi connectivity index (χ2n) is 5.17. The number of para-hydroxylation sites is 1. The first-order chi connectivity index (χ1) is 6.72. The van der Waals surface area contributed by atoms with E-state index in [9.17, 15) is 0 Å². The molecule has 14 heavy (non-hydrogen) atoms. The molecule has 1 aromatic carbocycles. The van der Waals surface area contributed by atoms with Crippen LogP contribution in [-0.2, 0) is 0 Å². The number of hydrogen-bond acceptors (Lipinski definition) is 1. The Balaban J connectivity index is 1.88. The van der Waals surface area contributed by atoms with Crippen LogP contribution in [0.1, 0.15) is 37.7 Å². The molecule has 2 atom stereocenters. The van der Waals surface area contributed by atoms with Gasteiger partial charge in [-0.1, -0.05) is 25.1 Å². The monoisotopic (exact) mass is 187 g/mol. The van der Waals surface area contributed by atoms with Crippen molar-refractivity contribution < 1.29 is 0 Å². The number of rotatable bonds is 2. The maximum atomic E-state index is 6.00. The Morgan fingerprint density at radius 1 is 1.29 bits per heavy atom. The van der Waals surface area contributed by atoms with Crippen LogP contribution in [0.3, 0.4) is 0 Å². The minimum atomic E-state index is 0.593. The van der Waals surface area contributed by atoms with E-state index in [-0.39, 0.29) is 0 Å². The lowest BCUT2D eigenvalue weighted by Crippen LogP contribution is -2.01. The van der Waals surface area contributed by atoms with Crippen LogP contribution in [-0.4, -0.2) is 0 Å². The van der Waals surface area contributed by atoms with Crippen LogP contribution in [0.25, 0.3) is 0 Å². The second kappa shape index (κ2) is 2.53. The lowest BCUT2D eigenvalue weighted by molar-refractivity contribution is 0.472. The molecule has 2 N–H and O–H groups in total. The predicted molar refractivity (Wildman–Crippen MR) is 59.0 cm³/mol. The summed E-state index contributed by atoms with van der Waals surface area (Å²) < 4.78 is 0. The van der Waals surface area contributed by atoms with E-state index >= 15 is 0 Å². The Morgan fingerprint density at radius 3 is 2.64 bits per heavy atom. The number of hydrogen-bond donors (Lipinski definition) is 1. The molecule has 0 aliphatic heterocycles. The molecule has 0 amide bonds. The van der Waals surface area contributed by atoms with Crippen LogP contribution in [0.4, 0.5) is 5.69 Å². The molecule has 0 spiro atoms. The van der Waals surface area contributed by atoms with Crippen molar-refractivity contribution in [2.45, 2.75) is 32.1 Å². The van der Waals surface area contributed by atoms with E-state index in [2.05, 4.69) is 19.1 Å². The van der Waals surface area contributed by atoms with E-state index < -0.39 is 0 Å². The molecule has 2 unspecified atom stereocenters. The van der Waals surface area contributed by atoms with Gasteiger partial charge in [0.2, 0.25) is 0 Å². The van der Waals surface area contributed by atoms with Crippen molar-refractivity contribution in [2.24, 2.45) is 11.3 Å². The predicted octanol–water partition coefficient (Wildman–Crippen LogP) is 3.17. The topological polar surface area (TPSA) is 26.0 Å². The molecule has 0 heterocycles. The highest BCUT2D eigenvalue weighted by molar-refractivity contribution is 5.51. The van der Waals surface area contributed by atoms with Gasteiger partial charge in [-0.2, -0.15) is 0 Å². The third-order valence-corrected chi connectivity index (χ3v) is 4.16. The highest BCUT2D eigenvalue weighted by Gasteiger charge is 2.59. The average molecular weight is 187 g/mol. The molecule has 0 radical (unpaired) electrons. The normalized spacial score (nSPS) is 35.6. The molecule has 1 nitrogen and oxygen atoms in total. The number of nitrogen functional groups attached to an aromatic ring is 1. The lowest BCUT2D eigenvalue weighted by Gasteiger charge is -2.10. The second-order valence-corrected chi connectivity index (χ2v) is 5.17. The van der Waals surface area contributed by atoms with Gasteiger partial charge in [0.05, 0.1) is 0 Å². The lowest BCUT2D eigenvalue weighted by atomic mass is 9.95. The first-order valence-electron chi connectivity index (χ1n) is 5.56. The fourth-order valence-electron chi connectivity index (χ4n) is 2.87. The summed E-state index contributed by atoms with van der Waals surface area (Å²) in [6.07, 6.45) is 4.24. The Morgan fingerprint density at radius 2 is 2.00 bits per heavy atom. The quantitative estimate of drug-likeness (QED) is 0.707. The maximum absolute atomic E-state index is 6.00. The highest BCUT2D eigenvalue weighted by atomic mass is 14.7. The van der Waals surface area contributed by atoms with E-state index in [1.807, 2.05) is 12.1 Å². The van der Waals surface area contributed by atoms with Gasteiger partial charge in [0.1, 0.15) is 0 Å². The average Bonchev–Trinajstić information content (AvgIpc) is 2.99. The fraction of sp³-hybridized carbons (Fsp3) is 0.538. The van der Waals surface area contributed by atoms with Gasteiger partial charge < -0.3 is 5.73 Å². The van der Waals surface area contributed by atoms with Gasteiger partial charge in [-0.15, -0.1) is 0 Å². The molecule has 2 saturated carbocycles. The van der Waals surface area contributed by atoms with Crippen LogP contribution >= 0.6 is 0 Å². The van der Waals surface area contributed by atoms with Crippen LogP contribution in [0.2, 0.25) is 0 Å². The van der Waals surface area contributed by atoms with Gasteiger partial charge in [-0.3, -0.25) is 0 Å². The zero-order chi connectivity index (χ0) is 9.76. The first-order valence-corrected chi connectivity index (χ1v) is 5.56.